The summed E-state index contributed by atoms with van der Waals surface area (Å²) in [6, 6.07) is 0.310. The maximum Gasteiger partial charge on any atom is 0.323 e. The van der Waals surface area contributed by atoms with Gasteiger partial charge in [-0.25, -0.2) is 4.98 Å². The van der Waals surface area contributed by atoms with E-state index in [-0.39, 0.29) is 6.10 Å². The first kappa shape index (κ1) is 14.0. The standard InChI is InChI=1S/C12H19N7O/c1-9(2)20-12-17-10(13-3)16-11(18-12)15-5-7-19-6-4-14-8-19/h4,6,8-9H,5,7H2,1-3H3,(H2,13,15,16,17,18). The summed E-state index contributed by atoms with van der Waals surface area (Å²) in [4.78, 5) is 16.6. The second-order valence-corrected chi connectivity index (χ2v) is 4.41. The van der Waals surface area contributed by atoms with Crippen molar-refractivity contribution in [1.82, 2.24) is 24.5 Å². The van der Waals surface area contributed by atoms with Gasteiger partial charge in [0, 0.05) is 32.5 Å². The summed E-state index contributed by atoms with van der Waals surface area (Å²) in [5.41, 5.74) is 0. The fourth-order valence-corrected chi connectivity index (χ4v) is 1.53. The maximum atomic E-state index is 5.49. The quantitative estimate of drug-likeness (QED) is 0.780. The largest absolute Gasteiger partial charge is 0.461 e. The lowest BCUT2D eigenvalue weighted by Gasteiger charge is -2.11. The Balaban J connectivity index is 1.98. The van der Waals surface area contributed by atoms with Gasteiger partial charge in [0.2, 0.25) is 11.9 Å². The molecular formula is C12H19N7O. The minimum absolute atomic E-state index is 0.0147. The molecule has 0 unspecified atom stereocenters. The molecule has 2 heterocycles. The molecule has 0 spiro atoms. The van der Waals surface area contributed by atoms with Crippen LogP contribution in [0.5, 0.6) is 6.01 Å². The smallest absolute Gasteiger partial charge is 0.323 e. The third kappa shape index (κ3) is 4.08. The van der Waals surface area contributed by atoms with Crippen LogP contribution < -0.4 is 15.4 Å². The topological polar surface area (TPSA) is 89.8 Å². The zero-order valence-corrected chi connectivity index (χ0v) is 11.9. The minimum Gasteiger partial charge on any atom is -0.461 e. The average Bonchev–Trinajstić information content (AvgIpc) is 2.91. The second kappa shape index (κ2) is 6.69. The Kier molecular flexibility index (Phi) is 4.70. The molecule has 0 radical (unpaired) electrons. The molecule has 0 aromatic carbocycles. The number of aromatic nitrogens is 5. The number of hydrogen-bond acceptors (Lipinski definition) is 7. The Morgan fingerprint density at radius 1 is 1.25 bits per heavy atom. The molecular weight excluding hydrogens is 258 g/mol. The molecule has 108 valence electrons. The van der Waals surface area contributed by atoms with Crippen molar-refractivity contribution in [2.45, 2.75) is 26.5 Å². The summed E-state index contributed by atoms with van der Waals surface area (Å²) in [7, 11) is 1.75. The number of ether oxygens (including phenoxy) is 1. The van der Waals surface area contributed by atoms with Crippen molar-refractivity contribution >= 4 is 11.9 Å². The highest BCUT2D eigenvalue weighted by molar-refractivity contribution is 5.35. The van der Waals surface area contributed by atoms with Gasteiger partial charge in [-0.3, -0.25) is 0 Å². The first-order chi connectivity index (χ1) is 9.67. The van der Waals surface area contributed by atoms with E-state index in [0.717, 1.165) is 6.54 Å². The minimum atomic E-state index is 0.0147. The van der Waals surface area contributed by atoms with Gasteiger partial charge in [0.25, 0.3) is 0 Å². The fraction of sp³-hybridized carbons (Fsp3) is 0.500. The second-order valence-electron chi connectivity index (χ2n) is 4.41. The summed E-state index contributed by atoms with van der Waals surface area (Å²) < 4.78 is 7.46. The molecule has 2 rings (SSSR count). The highest BCUT2D eigenvalue weighted by atomic mass is 16.5. The van der Waals surface area contributed by atoms with Crippen LogP contribution in [-0.4, -0.2) is 44.2 Å². The van der Waals surface area contributed by atoms with Gasteiger partial charge >= 0.3 is 6.01 Å². The van der Waals surface area contributed by atoms with E-state index in [1.54, 1.807) is 19.6 Å². The van der Waals surface area contributed by atoms with Gasteiger partial charge in [0.15, 0.2) is 0 Å². The van der Waals surface area contributed by atoms with Crippen molar-refractivity contribution in [2.75, 3.05) is 24.2 Å². The van der Waals surface area contributed by atoms with E-state index in [1.807, 2.05) is 24.6 Å². The highest BCUT2D eigenvalue weighted by Gasteiger charge is 2.07. The number of imidazole rings is 1. The van der Waals surface area contributed by atoms with Gasteiger partial charge in [-0.1, -0.05) is 0 Å². The Morgan fingerprint density at radius 3 is 2.70 bits per heavy atom. The van der Waals surface area contributed by atoms with Crippen LogP contribution in [0.1, 0.15) is 13.8 Å². The van der Waals surface area contributed by atoms with Crippen molar-refractivity contribution in [3.63, 3.8) is 0 Å². The number of nitrogens with zero attached hydrogens (tertiary/aromatic N) is 5. The number of anilines is 2. The molecule has 0 atom stereocenters. The SMILES string of the molecule is CNc1nc(NCCn2ccnc2)nc(OC(C)C)n1. The summed E-state index contributed by atoms with van der Waals surface area (Å²) in [6.07, 6.45) is 5.43. The van der Waals surface area contributed by atoms with Crippen LogP contribution in [0.2, 0.25) is 0 Å². The molecule has 0 aliphatic heterocycles. The van der Waals surface area contributed by atoms with E-state index >= 15 is 0 Å². The van der Waals surface area contributed by atoms with E-state index < -0.39 is 0 Å². The molecule has 0 saturated heterocycles. The van der Waals surface area contributed by atoms with Crippen molar-refractivity contribution in [3.8, 4) is 6.01 Å². The molecule has 0 aliphatic carbocycles. The molecule has 2 aromatic heterocycles. The van der Waals surface area contributed by atoms with Crippen molar-refractivity contribution in [2.24, 2.45) is 0 Å². The first-order valence-corrected chi connectivity index (χ1v) is 6.47. The molecule has 0 amide bonds. The predicted molar refractivity (Wildman–Crippen MR) is 75.9 cm³/mol. The van der Waals surface area contributed by atoms with Crippen LogP contribution in [0.15, 0.2) is 18.7 Å². The van der Waals surface area contributed by atoms with Gasteiger partial charge < -0.3 is 19.9 Å². The molecule has 8 heteroatoms. The maximum absolute atomic E-state index is 5.49. The third-order valence-electron chi connectivity index (χ3n) is 2.39. The van der Waals surface area contributed by atoms with Crippen LogP contribution >= 0.6 is 0 Å². The molecule has 0 saturated carbocycles. The summed E-state index contributed by atoms with van der Waals surface area (Å²) in [5.74, 6) is 0.959. The zero-order chi connectivity index (χ0) is 14.4. The van der Waals surface area contributed by atoms with E-state index in [4.69, 9.17) is 4.74 Å². The molecule has 8 nitrogen and oxygen atoms in total. The monoisotopic (exact) mass is 277 g/mol. The Bertz CT molecular complexity index is 527. The average molecular weight is 277 g/mol. The van der Waals surface area contributed by atoms with Gasteiger partial charge in [-0.15, -0.1) is 0 Å². The van der Waals surface area contributed by atoms with Crippen molar-refractivity contribution in [3.05, 3.63) is 18.7 Å². The van der Waals surface area contributed by atoms with Gasteiger partial charge in [-0.05, 0) is 13.8 Å². The molecule has 0 aliphatic rings. The van der Waals surface area contributed by atoms with E-state index in [2.05, 4.69) is 30.6 Å². The van der Waals surface area contributed by atoms with E-state index in [9.17, 15) is 0 Å². The number of hydrogen-bond donors (Lipinski definition) is 2. The van der Waals surface area contributed by atoms with Crippen LogP contribution in [0.4, 0.5) is 11.9 Å². The Labute approximate surface area is 117 Å². The predicted octanol–water partition coefficient (Wildman–Crippen LogP) is 1.01. The summed E-state index contributed by atoms with van der Waals surface area (Å²) in [6.45, 7) is 5.32. The lowest BCUT2D eigenvalue weighted by molar-refractivity contribution is 0.222. The van der Waals surface area contributed by atoms with E-state index in [0.29, 0.717) is 24.5 Å². The van der Waals surface area contributed by atoms with Crippen LogP contribution in [0.25, 0.3) is 0 Å². The van der Waals surface area contributed by atoms with Crippen LogP contribution in [-0.2, 0) is 6.54 Å². The number of nitrogens with one attached hydrogen (secondary N) is 2. The Hall–Kier alpha value is -2.38. The molecule has 0 fully saturated rings. The van der Waals surface area contributed by atoms with E-state index in [1.165, 1.54) is 0 Å². The van der Waals surface area contributed by atoms with Gasteiger partial charge in [0.05, 0.1) is 12.4 Å². The fourth-order valence-electron chi connectivity index (χ4n) is 1.53. The zero-order valence-electron chi connectivity index (χ0n) is 11.9. The first-order valence-electron chi connectivity index (χ1n) is 6.47. The van der Waals surface area contributed by atoms with Gasteiger partial charge in [0.1, 0.15) is 0 Å². The van der Waals surface area contributed by atoms with Crippen LogP contribution in [0.3, 0.4) is 0 Å². The lowest BCUT2D eigenvalue weighted by Crippen LogP contribution is -2.15. The molecule has 0 bridgehead atoms. The summed E-state index contributed by atoms with van der Waals surface area (Å²) in [5, 5.41) is 6.03. The highest BCUT2D eigenvalue weighted by Crippen LogP contribution is 2.11. The Morgan fingerprint density at radius 2 is 2.05 bits per heavy atom. The van der Waals surface area contributed by atoms with Crippen molar-refractivity contribution < 1.29 is 4.74 Å². The van der Waals surface area contributed by atoms with Crippen molar-refractivity contribution in [1.29, 1.82) is 0 Å². The normalized spacial score (nSPS) is 10.6. The molecule has 2 N–H and O–H groups in total. The molecule has 2 aromatic rings. The van der Waals surface area contributed by atoms with Crippen LogP contribution in [0, 0.1) is 0 Å². The lowest BCUT2D eigenvalue weighted by atomic mass is 10.5. The third-order valence-corrected chi connectivity index (χ3v) is 2.39. The van der Waals surface area contributed by atoms with Gasteiger partial charge in [-0.2, -0.15) is 15.0 Å². The summed E-state index contributed by atoms with van der Waals surface area (Å²) >= 11 is 0. The number of rotatable bonds is 7. The molecule has 20 heavy (non-hydrogen) atoms.